The van der Waals surface area contributed by atoms with Gasteiger partial charge in [-0.15, -0.1) is 0 Å². The zero-order valence-corrected chi connectivity index (χ0v) is 16.4. The number of benzene rings is 1. The van der Waals surface area contributed by atoms with E-state index >= 15 is 0 Å². The van der Waals surface area contributed by atoms with Crippen molar-refractivity contribution in [1.82, 2.24) is 14.3 Å². The van der Waals surface area contributed by atoms with E-state index in [1.54, 1.807) is 12.4 Å². The molecule has 1 aliphatic rings. The fourth-order valence-electron chi connectivity index (χ4n) is 3.70. The van der Waals surface area contributed by atoms with Crippen LogP contribution in [-0.2, 0) is 4.74 Å². The molecule has 0 aliphatic carbocycles. The van der Waals surface area contributed by atoms with E-state index in [-0.39, 0.29) is 0 Å². The van der Waals surface area contributed by atoms with Gasteiger partial charge in [-0.3, -0.25) is 4.90 Å². The molecule has 4 aromatic rings. The molecule has 0 amide bonds. The Morgan fingerprint density at radius 1 is 1.13 bits per heavy atom. The first kappa shape index (κ1) is 18.7. The summed E-state index contributed by atoms with van der Waals surface area (Å²) in [7, 11) is 0. The number of hydrogen-bond donors (Lipinski definition) is 1. The number of aromatic nitrogens is 2. The maximum Gasteiger partial charge on any atom is 0.155 e. The van der Waals surface area contributed by atoms with Crippen LogP contribution < -0.4 is 10.1 Å². The van der Waals surface area contributed by atoms with Crippen LogP contribution in [0.25, 0.3) is 27.9 Å². The third-order valence-electron chi connectivity index (χ3n) is 5.28. The Kier molecular flexibility index (Phi) is 5.08. The van der Waals surface area contributed by atoms with Gasteiger partial charge in [0.05, 0.1) is 24.9 Å². The van der Waals surface area contributed by atoms with Gasteiger partial charge >= 0.3 is 0 Å². The molecule has 1 N–H and O–H groups in total. The highest BCUT2D eigenvalue weighted by Crippen LogP contribution is 2.27. The van der Waals surface area contributed by atoms with Crippen LogP contribution in [-0.4, -0.2) is 58.9 Å². The molecule has 0 unspecified atom stereocenters. The molecule has 0 spiro atoms. The molecule has 0 bridgehead atoms. The maximum atomic E-state index is 9.68. The Labute approximate surface area is 172 Å². The monoisotopic (exact) mass is 406 g/mol. The van der Waals surface area contributed by atoms with Crippen molar-refractivity contribution in [3.05, 3.63) is 60.3 Å². The largest absolute Gasteiger partial charge is 0.491 e. The van der Waals surface area contributed by atoms with Gasteiger partial charge < -0.3 is 23.5 Å². The summed E-state index contributed by atoms with van der Waals surface area (Å²) in [6, 6.07) is 13.1. The van der Waals surface area contributed by atoms with Crippen LogP contribution in [0.5, 0.6) is 5.75 Å². The molecule has 1 aliphatic heterocycles. The topological polar surface area (TPSA) is 84.7 Å². The van der Waals surface area contributed by atoms with Crippen LogP contribution in [0.4, 0.5) is 0 Å². The molecule has 5 rings (SSSR count). The zero-order valence-electron chi connectivity index (χ0n) is 16.4. The molecule has 0 saturated carbocycles. The first-order valence-corrected chi connectivity index (χ1v) is 9.93. The molecule has 3 aromatic heterocycles. The van der Waals surface area contributed by atoms with Gasteiger partial charge in [-0.05, 0) is 30.3 Å². The molecule has 8 heteroatoms. The fourth-order valence-corrected chi connectivity index (χ4v) is 3.70. The average Bonchev–Trinajstić information content (AvgIpc) is 3.27. The van der Waals surface area contributed by atoms with Crippen molar-refractivity contribution in [3.8, 4) is 17.2 Å². The Balaban J connectivity index is 1.46. The molecule has 1 saturated heterocycles. The van der Waals surface area contributed by atoms with Crippen LogP contribution in [0.15, 0.2) is 64.6 Å². The second kappa shape index (κ2) is 8.17. The van der Waals surface area contributed by atoms with Gasteiger partial charge in [0.15, 0.2) is 5.76 Å². The van der Waals surface area contributed by atoms with Gasteiger partial charge in [0, 0.05) is 37.4 Å². The van der Waals surface area contributed by atoms with Crippen molar-refractivity contribution >= 4 is 16.5 Å². The van der Waals surface area contributed by atoms with E-state index in [0.29, 0.717) is 40.1 Å². The van der Waals surface area contributed by atoms with E-state index in [9.17, 15) is 5.21 Å². The average molecular weight is 406 g/mol. The summed E-state index contributed by atoms with van der Waals surface area (Å²) >= 11 is 0. The van der Waals surface area contributed by atoms with E-state index in [2.05, 4.69) is 15.0 Å². The van der Waals surface area contributed by atoms with Crippen LogP contribution in [0.3, 0.4) is 0 Å². The highest BCUT2D eigenvalue weighted by atomic mass is 16.5. The van der Waals surface area contributed by atoms with Gasteiger partial charge in [0.25, 0.3) is 0 Å². The second-order valence-electron chi connectivity index (χ2n) is 7.14. The van der Waals surface area contributed by atoms with Crippen molar-refractivity contribution in [2.75, 3.05) is 39.5 Å². The number of nitrogens with zero attached hydrogens (tertiary/aromatic N) is 4. The lowest BCUT2D eigenvalue weighted by molar-refractivity contribution is 0.0323. The van der Waals surface area contributed by atoms with Crippen molar-refractivity contribution in [1.29, 1.82) is 0 Å². The standard InChI is InChI=1S/C22H22N4O4/c27-24-18-14-21(17-13-16-3-2-6-26(16)15-23-17)30-20-5-1-4-19(22(18)20)29-12-9-25-7-10-28-11-8-25/h1-6,13-15,27H,7-12H2/b24-18+. The van der Waals surface area contributed by atoms with Crippen molar-refractivity contribution in [3.63, 3.8) is 0 Å². The Morgan fingerprint density at radius 3 is 2.90 bits per heavy atom. The minimum atomic E-state index is 0.380. The Bertz CT molecular complexity index is 1240. The van der Waals surface area contributed by atoms with E-state index in [1.165, 1.54) is 0 Å². The summed E-state index contributed by atoms with van der Waals surface area (Å²) in [5.74, 6) is 1.14. The highest BCUT2D eigenvalue weighted by molar-refractivity contribution is 5.84. The number of rotatable bonds is 5. The zero-order chi connectivity index (χ0) is 20.3. The van der Waals surface area contributed by atoms with E-state index in [4.69, 9.17) is 13.9 Å². The lowest BCUT2D eigenvalue weighted by Crippen LogP contribution is -2.38. The lowest BCUT2D eigenvalue weighted by Gasteiger charge is -2.26. The number of ether oxygens (including phenoxy) is 2. The summed E-state index contributed by atoms with van der Waals surface area (Å²) in [6.07, 6.45) is 3.66. The quantitative estimate of drug-likeness (QED) is 0.405. The van der Waals surface area contributed by atoms with Crippen molar-refractivity contribution < 1.29 is 19.1 Å². The molecule has 0 atom stereocenters. The predicted molar refractivity (Wildman–Crippen MR) is 111 cm³/mol. The molecular formula is C22H22N4O4. The van der Waals surface area contributed by atoms with Gasteiger partial charge in [-0.2, -0.15) is 0 Å². The predicted octanol–water partition coefficient (Wildman–Crippen LogP) is 2.75. The first-order valence-electron chi connectivity index (χ1n) is 9.93. The lowest BCUT2D eigenvalue weighted by atomic mass is 10.1. The summed E-state index contributed by atoms with van der Waals surface area (Å²) in [5, 5.41) is 14.2. The molecule has 8 nitrogen and oxygen atoms in total. The molecule has 0 radical (unpaired) electrons. The molecule has 30 heavy (non-hydrogen) atoms. The summed E-state index contributed by atoms with van der Waals surface area (Å²) in [6.45, 7) is 4.67. The summed E-state index contributed by atoms with van der Waals surface area (Å²) in [4.78, 5) is 6.76. The number of morpholine rings is 1. The molecule has 4 heterocycles. The van der Waals surface area contributed by atoms with Gasteiger partial charge in [0.1, 0.15) is 29.0 Å². The van der Waals surface area contributed by atoms with Crippen LogP contribution in [0, 0.1) is 0 Å². The highest BCUT2D eigenvalue weighted by Gasteiger charge is 2.14. The Morgan fingerprint density at radius 2 is 2.03 bits per heavy atom. The molecule has 1 fully saturated rings. The molecular weight excluding hydrogens is 384 g/mol. The van der Waals surface area contributed by atoms with Gasteiger partial charge in [-0.25, -0.2) is 4.98 Å². The molecule has 1 aromatic carbocycles. The third kappa shape index (κ3) is 3.62. The van der Waals surface area contributed by atoms with Gasteiger partial charge in [0.2, 0.25) is 0 Å². The second-order valence-corrected chi connectivity index (χ2v) is 7.14. The van der Waals surface area contributed by atoms with Crippen LogP contribution >= 0.6 is 0 Å². The SMILES string of the molecule is O/N=c1\cc(-c2cc3cccn3cn2)oc2cccc(OCCN3CCOCC3)c12. The maximum absolute atomic E-state index is 9.68. The smallest absolute Gasteiger partial charge is 0.155 e. The van der Waals surface area contributed by atoms with Crippen molar-refractivity contribution in [2.24, 2.45) is 5.16 Å². The summed E-state index contributed by atoms with van der Waals surface area (Å²) < 4.78 is 19.4. The van der Waals surface area contributed by atoms with Crippen LogP contribution in [0.2, 0.25) is 0 Å². The van der Waals surface area contributed by atoms with Crippen molar-refractivity contribution in [2.45, 2.75) is 0 Å². The third-order valence-corrected chi connectivity index (χ3v) is 5.28. The minimum absolute atomic E-state index is 0.380. The van der Waals surface area contributed by atoms with E-state index in [1.807, 2.05) is 47.0 Å². The minimum Gasteiger partial charge on any atom is -0.491 e. The van der Waals surface area contributed by atoms with Crippen LogP contribution in [0.1, 0.15) is 0 Å². The normalized spacial score (nSPS) is 15.8. The van der Waals surface area contributed by atoms with Gasteiger partial charge in [-0.1, -0.05) is 11.2 Å². The fraction of sp³-hybridized carbons (Fsp3) is 0.273. The Hall–Kier alpha value is -3.36. The first-order chi connectivity index (χ1) is 14.8. The summed E-state index contributed by atoms with van der Waals surface area (Å²) in [5.41, 5.74) is 2.23. The molecule has 154 valence electrons. The number of hydrogen-bond acceptors (Lipinski definition) is 7. The van der Waals surface area contributed by atoms with E-state index < -0.39 is 0 Å². The van der Waals surface area contributed by atoms with E-state index in [0.717, 1.165) is 38.4 Å². The number of fused-ring (bicyclic) bond motifs is 2.